The van der Waals surface area contributed by atoms with E-state index in [-0.39, 0.29) is 17.7 Å². The van der Waals surface area contributed by atoms with Crippen molar-refractivity contribution >= 4 is 28.3 Å². The van der Waals surface area contributed by atoms with E-state index in [0.717, 1.165) is 42.8 Å². The molecule has 9 heteroatoms. The highest BCUT2D eigenvalue weighted by Crippen LogP contribution is 2.34. The molecule has 5 rings (SSSR count). The van der Waals surface area contributed by atoms with Crippen molar-refractivity contribution in [1.82, 2.24) is 14.0 Å². The van der Waals surface area contributed by atoms with E-state index in [1.807, 2.05) is 24.4 Å². The zero-order valence-electron chi connectivity index (χ0n) is 17.1. The SMILES string of the molecule is NC(=O)c1cccc2c1ccn2C1CCC(Nc2cccc3nc(C(F)(F)F)cn23)CC1. The number of nitrogens with zero attached hydrogens (tertiary/aromatic N) is 3. The number of aromatic nitrogens is 3. The average molecular weight is 441 g/mol. The first-order chi connectivity index (χ1) is 15.3. The summed E-state index contributed by atoms with van der Waals surface area (Å²) in [4.78, 5) is 15.4. The Kier molecular flexibility index (Phi) is 4.83. The van der Waals surface area contributed by atoms with Gasteiger partial charge in [-0.25, -0.2) is 4.98 Å². The molecule has 3 N–H and O–H groups in total. The van der Waals surface area contributed by atoms with Crippen molar-refractivity contribution in [2.45, 2.75) is 43.9 Å². The van der Waals surface area contributed by atoms with E-state index in [0.29, 0.717) is 11.4 Å². The molecule has 0 saturated heterocycles. The molecular formula is C23H22F3N5O. The van der Waals surface area contributed by atoms with Crippen LogP contribution in [0.3, 0.4) is 0 Å². The van der Waals surface area contributed by atoms with Gasteiger partial charge in [0, 0.05) is 40.9 Å². The molecule has 1 fully saturated rings. The number of nitrogens with two attached hydrogens (primary N) is 1. The van der Waals surface area contributed by atoms with Gasteiger partial charge in [0.05, 0.1) is 0 Å². The average Bonchev–Trinajstić information content (AvgIpc) is 3.39. The third kappa shape index (κ3) is 3.57. The van der Waals surface area contributed by atoms with Gasteiger partial charge in [-0.3, -0.25) is 9.20 Å². The molecule has 0 atom stereocenters. The van der Waals surface area contributed by atoms with Crippen molar-refractivity contribution in [3.63, 3.8) is 0 Å². The standard InChI is InChI=1S/C23H22F3N5O/c24-23(25,26)19-13-31-20(5-2-6-21(31)29-19)28-14-7-9-15(10-8-14)30-12-11-16-17(22(27)32)3-1-4-18(16)30/h1-6,11-15,28H,7-10H2,(H2,27,32). The number of anilines is 1. The van der Waals surface area contributed by atoms with Crippen LogP contribution in [-0.4, -0.2) is 25.9 Å². The minimum Gasteiger partial charge on any atom is -0.368 e. The Morgan fingerprint density at radius 2 is 1.81 bits per heavy atom. The van der Waals surface area contributed by atoms with Crippen LogP contribution in [-0.2, 0) is 6.18 Å². The smallest absolute Gasteiger partial charge is 0.368 e. The molecule has 166 valence electrons. The Morgan fingerprint density at radius 1 is 1.06 bits per heavy atom. The van der Waals surface area contributed by atoms with Crippen molar-refractivity contribution in [3.8, 4) is 0 Å². The van der Waals surface area contributed by atoms with Crippen LogP contribution in [0.1, 0.15) is 47.8 Å². The maximum atomic E-state index is 13.1. The van der Waals surface area contributed by atoms with Gasteiger partial charge >= 0.3 is 6.18 Å². The van der Waals surface area contributed by atoms with Crippen LogP contribution in [0.2, 0.25) is 0 Å². The maximum absolute atomic E-state index is 13.1. The number of imidazole rings is 1. The summed E-state index contributed by atoms with van der Waals surface area (Å²) in [7, 11) is 0. The van der Waals surface area contributed by atoms with Crippen molar-refractivity contribution in [3.05, 3.63) is 66.1 Å². The molecule has 0 aliphatic heterocycles. The predicted molar refractivity (Wildman–Crippen MR) is 116 cm³/mol. The molecule has 4 aromatic rings. The molecule has 1 amide bonds. The van der Waals surface area contributed by atoms with Crippen molar-refractivity contribution in [2.75, 3.05) is 5.32 Å². The number of carbonyl (C=O) groups is 1. The number of alkyl halides is 3. The van der Waals surface area contributed by atoms with Gasteiger partial charge in [-0.1, -0.05) is 12.1 Å². The number of hydrogen-bond donors (Lipinski definition) is 2. The number of nitrogens with one attached hydrogen (secondary N) is 1. The van der Waals surface area contributed by atoms with Crippen LogP contribution in [0.5, 0.6) is 0 Å². The van der Waals surface area contributed by atoms with Crippen LogP contribution in [0, 0.1) is 0 Å². The van der Waals surface area contributed by atoms with Crippen molar-refractivity contribution in [1.29, 1.82) is 0 Å². The van der Waals surface area contributed by atoms with Gasteiger partial charge in [-0.15, -0.1) is 0 Å². The lowest BCUT2D eigenvalue weighted by atomic mass is 9.91. The fourth-order valence-electron chi connectivity index (χ4n) is 4.69. The number of pyridine rings is 1. The summed E-state index contributed by atoms with van der Waals surface area (Å²) in [5.74, 6) is 0.162. The number of halogens is 3. The first-order valence-corrected chi connectivity index (χ1v) is 10.5. The van der Waals surface area contributed by atoms with E-state index in [4.69, 9.17) is 5.73 Å². The quantitative estimate of drug-likeness (QED) is 0.468. The highest BCUT2D eigenvalue weighted by molar-refractivity contribution is 6.05. The summed E-state index contributed by atoms with van der Waals surface area (Å²) in [6.07, 6.45) is 2.13. The van der Waals surface area contributed by atoms with Gasteiger partial charge in [-0.2, -0.15) is 13.2 Å². The van der Waals surface area contributed by atoms with Crippen LogP contribution < -0.4 is 11.1 Å². The molecular weight excluding hydrogens is 419 g/mol. The molecule has 3 heterocycles. The lowest BCUT2D eigenvalue weighted by Gasteiger charge is -2.31. The van der Waals surface area contributed by atoms with Gasteiger partial charge in [0.15, 0.2) is 5.69 Å². The summed E-state index contributed by atoms with van der Waals surface area (Å²) in [5, 5.41) is 4.26. The zero-order chi connectivity index (χ0) is 22.5. The monoisotopic (exact) mass is 441 g/mol. The number of fused-ring (bicyclic) bond motifs is 2. The fraction of sp³-hybridized carbons (Fsp3) is 0.304. The molecule has 1 aliphatic carbocycles. The van der Waals surface area contributed by atoms with E-state index in [1.54, 1.807) is 24.3 Å². The number of rotatable bonds is 4. The van der Waals surface area contributed by atoms with E-state index in [9.17, 15) is 18.0 Å². The summed E-state index contributed by atoms with van der Waals surface area (Å²) >= 11 is 0. The first kappa shape index (κ1) is 20.4. The third-order valence-electron chi connectivity index (χ3n) is 6.25. The third-order valence-corrected chi connectivity index (χ3v) is 6.25. The second-order valence-corrected chi connectivity index (χ2v) is 8.24. The number of carbonyl (C=O) groups excluding carboxylic acids is 1. The minimum absolute atomic E-state index is 0.150. The van der Waals surface area contributed by atoms with Crippen LogP contribution >= 0.6 is 0 Å². The summed E-state index contributed by atoms with van der Waals surface area (Å²) in [6, 6.07) is 13.0. The molecule has 3 aromatic heterocycles. The highest BCUT2D eigenvalue weighted by Gasteiger charge is 2.34. The van der Waals surface area contributed by atoms with Gasteiger partial charge in [0.25, 0.3) is 0 Å². The van der Waals surface area contributed by atoms with E-state index >= 15 is 0 Å². The van der Waals surface area contributed by atoms with Gasteiger partial charge < -0.3 is 15.6 Å². The summed E-state index contributed by atoms with van der Waals surface area (Å²) < 4.78 is 42.8. The van der Waals surface area contributed by atoms with Gasteiger partial charge in [-0.05, 0) is 56.0 Å². The van der Waals surface area contributed by atoms with E-state index < -0.39 is 17.8 Å². The zero-order valence-corrected chi connectivity index (χ0v) is 17.1. The lowest BCUT2D eigenvalue weighted by molar-refractivity contribution is -0.140. The molecule has 32 heavy (non-hydrogen) atoms. The van der Waals surface area contributed by atoms with Gasteiger partial charge in [0.1, 0.15) is 11.5 Å². The molecule has 0 unspecified atom stereocenters. The Bertz CT molecular complexity index is 1300. The van der Waals surface area contributed by atoms with Crippen LogP contribution in [0.25, 0.3) is 16.6 Å². The first-order valence-electron chi connectivity index (χ1n) is 10.5. The minimum atomic E-state index is -4.48. The summed E-state index contributed by atoms with van der Waals surface area (Å²) in [5.41, 5.74) is 6.37. The van der Waals surface area contributed by atoms with Crippen LogP contribution in [0.15, 0.2) is 54.9 Å². The highest BCUT2D eigenvalue weighted by atomic mass is 19.4. The molecule has 1 aromatic carbocycles. The number of hydrogen-bond acceptors (Lipinski definition) is 3. The molecule has 0 bridgehead atoms. The van der Waals surface area contributed by atoms with Crippen molar-refractivity contribution < 1.29 is 18.0 Å². The van der Waals surface area contributed by atoms with Crippen LogP contribution in [0.4, 0.5) is 19.0 Å². The maximum Gasteiger partial charge on any atom is 0.434 e. The predicted octanol–water partition coefficient (Wildman–Crippen LogP) is 5.00. The topological polar surface area (TPSA) is 77.3 Å². The Hall–Kier alpha value is -3.49. The van der Waals surface area contributed by atoms with E-state index in [2.05, 4.69) is 14.9 Å². The second kappa shape index (κ2) is 7.58. The summed E-state index contributed by atoms with van der Waals surface area (Å²) in [6.45, 7) is 0. The number of benzene rings is 1. The molecule has 0 radical (unpaired) electrons. The molecule has 1 aliphatic rings. The lowest BCUT2D eigenvalue weighted by Crippen LogP contribution is -2.28. The Labute approximate surface area is 181 Å². The number of amides is 1. The van der Waals surface area contributed by atoms with E-state index in [1.165, 1.54) is 4.40 Å². The Balaban J connectivity index is 1.32. The van der Waals surface area contributed by atoms with Gasteiger partial charge in [0.2, 0.25) is 5.91 Å². The van der Waals surface area contributed by atoms with Crippen molar-refractivity contribution in [2.24, 2.45) is 5.73 Å². The Morgan fingerprint density at radius 3 is 2.53 bits per heavy atom. The molecule has 1 saturated carbocycles. The largest absolute Gasteiger partial charge is 0.434 e. The fourth-order valence-corrected chi connectivity index (χ4v) is 4.69. The normalized spacial score (nSPS) is 19.5. The molecule has 6 nitrogen and oxygen atoms in total. The number of primary amides is 1. The molecule has 0 spiro atoms. The second-order valence-electron chi connectivity index (χ2n) is 8.24.